The fourth-order valence-corrected chi connectivity index (χ4v) is 4.74. The topological polar surface area (TPSA) is 90.7 Å². The number of rotatable bonds is 6. The molecule has 0 atom stereocenters. The van der Waals surface area contributed by atoms with Crippen LogP contribution in [0.15, 0.2) is 53.4 Å². The molecule has 1 aliphatic heterocycles. The second-order valence-corrected chi connectivity index (χ2v) is 8.50. The van der Waals surface area contributed by atoms with E-state index < -0.39 is 16.6 Å². The molecule has 0 spiro atoms. The molecule has 0 aliphatic carbocycles. The summed E-state index contributed by atoms with van der Waals surface area (Å²) < 4.78 is 55.6. The molecule has 1 amide bonds. The van der Waals surface area contributed by atoms with Crippen LogP contribution in [0.2, 0.25) is 0 Å². The number of sulfonamides is 1. The summed E-state index contributed by atoms with van der Waals surface area (Å²) in [4.78, 5) is 14.0. The number of nitriles is 1. The van der Waals surface area contributed by atoms with Crippen molar-refractivity contribution in [3.05, 3.63) is 59.7 Å². The molecule has 3 rings (SSSR count). The van der Waals surface area contributed by atoms with Crippen molar-refractivity contribution in [2.45, 2.75) is 17.9 Å². The maximum absolute atomic E-state index is 12.8. The lowest BCUT2D eigenvalue weighted by molar-refractivity contribution is -0.131. The monoisotopic (exact) mass is 435 g/mol. The minimum absolute atomic E-state index is 0.0117. The van der Waals surface area contributed by atoms with E-state index in [4.69, 9.17) is 5.26 Å². The quantitative estimate of drug-likeness (QED) is 0.694. The molecule has 30 heavy (non-hydrogen) atoms. The maximum Gasteiger partial charge on any atom is 0.387 e. The Hall–Kier alpha value is -3.03. The maximum atomic E-state index is 12.8. The van der Waals surface area contributed by atoms with E-state index >= 15 is 0 Å². The molecule has 0 radical (unpaired) electrons. The Kier molecular flexibility index (Phi) is 6.64. The minimum atomic E-state index is -3.83. The number of piperazine rings is 1. The third-order valence-electron chi connectivity index (χ3n) is 4.72. The lowest BCUT2D eigenvalue weighted by Gasteiger charge is -2.34. The lowest BCUT2D eigenvalue weighted by Crippen LogP contribution is -2.50. The van der Waals surface area contributed by atoms with Gasteiger partial charge in [-0.2, -0.15) is 18.3 Å². The number of benzene rings is 2. The lowest BCUT2D eigenvalue weighted by atomic mass is 10.1. The molecule has 0 saturated carbocycles. The molecule has 2 aromatic rings. The van der Waals surface area contributed by atoms with Crippen LogP contribution in [-0.4, -0.2) is 56.3 Å². The summed E-state index contributed by atoms with van der Waals surface area (Å²) in [5, 5.41) is 9.16. The SMILES string of the molecule is N#Cc1ccccc1S(=O)(=O)N1CCN(C(=O)Cc2ccc(OC(F)F)cc2)CC1. The average molecular weight is 435 g/mol. The van der Waals surface area contributed by atoms with Gasteiger partial charge in [0.2, 0.25) is 15.9 Å². The summed E-state index contributed by atoms with van der Waals surface area (Å²) in [7, 11) is -3.83. The highest BCUT2D eigenvalue weighted by atomic mass is 32.2. The van der Waals surface area contributed by atoms with Crippen LogP contribution >= 0.6 is 0 Å². The fraction of sp³-hybridized carbons (Fsp3) is 0.300. The van der Waals surface area contributed by atoms with E-state index in [1.165, 1.54) is 40.7 Å². The van der Waals surface area contributed by atoms with Crippen molar-refractivity contribution in [2.75, 3.05) is 26.2 Å². The second-order valence-electron chi connectivity index (χ2n) is 6.59. The van der Waals surface area contributed by atoms with Crippen LogP contribution < -0.4 is 4.74 Å². The predicted octanol–water partition coefficient (Wildman–Crippen LogP) is 2.24. The Bertz CT molecular complexity index is 1040. The third-order valence-corrected chi connectivity index (χ3v) is 6.68. The van der Waals surface area contributed by atoms with E-state index in [9.17, 15) is 22.0 Å². The predicted molar refractivity (Wildman–Crippen MR) is 103 cm³/mol. The van der Waals surface area contributed by atoms with Gasteiger partial charge in [0.05, 0.1) is 16.9 Å². The van der Waals surface area contributed by atoms with Gasteiger partial charge in [-0.1, -0.05) is 24.3 Å². The molecule has 0 aromatic heterocycles. The Morgan fingerprint density at radius 1 is 1.07 bits per heavy atom. The first-order valence-electron chi connectivity index (χ1n) is 9.12. The highest BCUT2D eigenvalue weighted by Gasteiger charge is 2.31. The van der Waals surface area contributed by atoms with Crippen LogP contribution in [0.3, 0.4) is 0 Å². The van der Waals surface area contributed by atoms with Crippen LogP contribution in [0.5, 0.6) is 5.75 Å². The number of ether oxygens (including phenoxy) is 1. The molecular formula is C20H19F2N3O4S. The Balaban J connectivity index is 1.60. The second kappa shape index (κ2) is 9.19. The molecule has 0 N–H and O–H groups in total. The Labute approximate surface area is 173 Å². The molecule has 0 unspecified atom stereocenters. The Morgan fingerprint density at radius 2 is 1.70 bits per heavy atom. The van der Waals surface area contributed by atoms with E-state index in [1.807, 2.05) is 6.07 Å². The van der Waals surface area contributed by atoms with E-state index in [1.54, 1.807) is 17.0 Å². The van der Waals surface area contributed by atoms with Crippen molar-refractivity contribution in [2.24, 2.45) is 0 Å². The van der Waals surface area contributed by atoms with Gasteiger partial charge in [-0.05, 0) is 29.8 Å². The molecule has 7 nitrogen and oxygen atoms in total. The summed E-state index contributed by atoms with van der Waals surface area (Å²) >= 11 is 0. The van der Waals surface area contributed by atoms with Gasteiger partial charge >= 0.3 is 6.61 Å². The standard InChI is InChI=1S/C20H19F2N3O4S/c21-20(22)29-17-7-5-15(6-8-17)13-19(26)24-9-11-25(12-10-24)30(27,28)18-4-2-1-3-16(18)14-23/h1-8,20H,9-13H2. The summed E-state index contributed by atoms with van der Waals surface area (Å²) in [6.45, 7) is -2.23. The van der Waals surface area contributed by atoms with Crippen LogP contribution in [-0.2, 0) is 21.2 Å². The first kappa shape index (κ1) is 21.7. The number of alkyl halides is 2. The van der Waals surface area contributed by atoms with Gasteiger partial charge in [0.15, 0.2) is 0 Å². The molecular weight excluding hydrogens is 416 g/mol. The van der Waals surface area contributed by atoms with Gasteiger partial charge in [-0.15, -0.1) is 0 Å². The zero-order valence-electron chi connectivity index (χ0n) is 15.9. The van der Waals surface area contributed by atoms with Crippen LogP contribution in [0, 0.1) is 11.3 Å². The van der Waals surface area contributed by atoms with Gasteiger partial charge < -0.3 is 9.64 Å². The van der Waals surface area contributed by atoms with Gasteiger partial charge in [-0.25, -0.2) is 8.42 Å². The van der Waals surface area contributed by atoms with E-state index in [-0.39, 0.29) is 54.7 Å². The van der Waals surface area contributed by atoms with Crippen LogP contribution in [0.1, 0.15) is 11.1 Å². The van der Waals surface area contributed by atoms with Crippen molar-refractivity contribution < 1.29 is 26.7 Å². The summed E-state index contributed by atoms with van der Waals surface area (Å²) in [5.74, 6) is -0.176. The number of carbonyl (C=O) groups is 1. The molecule has 1 fully saturated rings. The zero-order chi connectivity index (χ0) is 21.7. The van der Waals surface area contributed by atoms with Crippen molar-refractivity contribution in [3.8, 4) is 11.8 Å². The molecule has 0 bridgehead atoms. The van der Waals surface area contributed by atoms with Crippen LogP contribution in [0.4, 0.5) is 8.78 Å². The van der Waals surface area contributed by atoms with Crippen molar-refractivity contribution in [1.29, 1.82) is 5.26 Å². The zero-order valence-corrected chi connectivity index (χ0v) is 16.7. The molecule has 10 heteroatoms. The molecule has 1 aliphatic rings. The summed E-state index contributed by atoms with van der Waals surface area (Å²) in [6.07, 6.45) is 0.0684. The Morgan fingerprint density at radius 3 is 2.30 bits per heavy atom. The molecule has 158 valence electrons. The average Bonchev–Trinajstić information content (AvgIpc) is 2.74. The number of amides is 1. The van der Waals surface area contributed by atoms with Crippen molar-refractivity contribution >= 4 is 15.9 Å². The van der Waals surface area contributed by atoms with Gasteiger partial charge in [0, 0.05) is 26.2 Å². The normalized spacial score (nSPS) is 15.1. The highest BCUT2D eigenvalue weighted by molar-refractivity contribution is 7.89. The van der Waals surface area contributed by atoms with Crippen molar-refractivity contribution in [3.63, 3.8) is 0 Å². The van der Waals surface area contributed by atoms with Gasteiger partial charge in [0.1, 0.15) is 11.8 Å². The minimum Gasteiger partial charge on any atom is -0.435 e. The smallest absolute Gasteiger partial charge is 0.387 e. The summed E-state index contributed by atoms with van der Waals surface area (Å²) in [6, 6.07) is 13.7. The molecule has 1 saturated heterocycles. The number of halogens is 2. The highest BCUT2D eigenvalue weighted by Crippen LogP contribution is 2.21. The van der Waals surface area contributed by atoms with Gasteiger partial charge in [-0.3, -0.25) is 4.79 Å². The number of carbonyl (C=O) groups excluding carboxylic acids is 1. The number of nitrogens with zero attached hydrogens (tertiary/aromatic N) is 3. The van der Waals surface area contributed by atoms with E-state index in [2.05, 4.69) is 4.74 Å². The first-order chi connectivity index (χ1) is 14.3. The van der Waals surface area contributed by atoms with Crippen LogP contribution in [0.25, 0.3) is 0 Å². The third kappa shape index (κ3) is 4.93. The van der Waals surface area contributed by atoms with Gasteiger partial charge in [0.25, 0.3) is 0 Å². The molecule has 1 heterocycles. The number of hydrogen-bond acceptors (Lipinski definition) is 5. The largest absolute Gasteiger partial charge is 0.435 e. The summed E-state index contributed by atoms with van der Waals surface area (Å²) in [5.41, 5.74) is 0.717. The molecule has 2 aromatic carbocycles. The van der Waals surface area contributed by atoms with E-state index in [0.717, 1.165) is 0 Å². The fourth-order valence-electron chi connectivity index (χ4n) is 3.18. The number of hydrogen-bond donors (Lipinski definition) is 0. The first-order valence-corrected chi connectivity index (χ1v) is 10.6. The van der Waals surface area contributed by atoms with Crippen molar-refractivity contribution in [1.82, 2.24) is 9.21 Å². The van der Waals surface area contributed by atoms with E-state index in [0.29, 0.717) is 5.56 Å².